The average Bonchev–Trinajstić information content (AvgIpc) is 2.76. The number of carbonyl (C=O) groups is 1. The summed E-state index contributed by atoms with van der Waals surface area (Å²) in [5, 5.41) is 2.66. The van der Waals surface area contributed by atoms with Gasteiger partial charge in [0.15, 0.2) is 0 Å². The molecule has 4 nitrogen and oxygen atoms in total. The van der Waals surface area contributed by atoms with E-state index in [1.807, 2.05) is 12.4 Å². The van der Waals surface area contributed by atoms with Crippen molar-refractivity contribution in [3.05, 3.63) is 57.6 Å². The van der Waals surface area contributed by atoms with E-state index in [9.17, 15) is 18.0 Å². The molecule has 10 heteroatoms. The lowest BCUT2D eigenvalue weighted by atomic mass is 10.1. The highest BCUT2D eigenvalue weighted by Crippen LogP contribution is 2.35. The highest BCUT2D eigenvalue weighted by molar-refractivity contribution is 8.15. The van der Waals surface area contributed by atoms with Crippen LogP contribution in [-0.4, -0.2) is 67.5 Å². The molecule has 2 aliphatic rings. The SMILES string of the molecule is CN1CCN(c2ccc(C(F)(F)F)cc2C=S2CCN(c3ccc(Cl)c(Cl)c3)C(=O)C2)CC1. The Morgan fingerprint density at radius 2 is 1.70 bits per heavy atom. The third-order valence-electron chi connectivity index (χ3n) is 5.89. The minimum Gasteiger partial charge on any atom is -0.368 e. The van der Waals surface area contributed by atoms with Gasteiger partial charge in [-0.05, 0) is 48.8 Å². The Balaban J connectivity index is 1.60. The molecule has 0 spiro atoms. The third kappa shape index (κ3) is 5.67. The first-order chi connectivity index (χ1) is 15.6. The van der Waals surface area contributed by atoms with E-state index in [0.717, 1.165) is 37.9 Å². The monoisotopic (exact) mass is 517 g/mol. The zero-order valence-corrected chi connectivity index (χ0v) is 20.4. The van der Waals surface area contributed by atoms with Crippen molar-refractivity contribution in [3.63, 3.8) is 0 Å². The molecule has 1 atom stereocenters. The summed E-state index contributed by atoms with van der Waals surface area (Å²) in [6, 6.07) is 8.99. The first-order valence-electron chi connectivity index (χ1n) is 10.5. The predicted molar refractivity (Wildman–Crippen MR) is 132 cm³/mol. The zero-order chi connectivity index (χ0) is 23.8. The van der Waals surface area contributed by atoms with Crippen LogP contribution >= 0.6 is 33.7 Å². The van der Waals surface area contributed by atoms with E-state index in [1.54, 1.807) is 29.2 Å². The first-order valence-corrected chi connectivity index (χ1v) is 12.9. The lowest BCUT2D eigenvalue weighted by Crippen LogP contribution is -2.44. The molecule has 0 bridgehead atoms. The summed E-state index contributed by atoms with van der Waals surface area (Å²) in [7, 11) is 1.57. The number of hydrogen-bond acceptors (Lipinski definition) is 3. The highest BCUT2D eigenvalue weighted by atomic mass is 35.5. The lowest BCUT2D eigenvalue weighted by Gasteiger charge is -2.35. The number of halogens is 5. The number of nitrogens with zero attached hydrogens (tertiary/aromatic N) is 3. The third-order valence-corrected chi connectivity index (χ3v) is 8.55. The van der Waals surface area contributed by atoms with Gasteiger partial charge < -0.3 is 14.7 Å². The second kappa shape index (κ2) is 9.86. The number of hydrogen-bond donors (Lipinski definition) is 0. The predicted octanol–water partition coefficient (Wildman–Crippen LogP) is 5.23. The molecule has 2 aromatic rings. The summed E-state index contributed by atoms with van der Waals surface area (Å²) in [5.74, 6) is 0.843. The second-order valence-electron chi connectivity index (χ2n) is 8.21. The number of alkyl halides is 3. The fraction of sp³-hybridized carbons (Fsp3) is 0.391. The molecule has 0 N–H and O–H groups in total. The van der Waals surface area contributed by atoms with Crippen molar-refractivity contribution in [1.29, 1.82) is 0 Å². The Hall–Kier alpha value is -1.74. The highest BCUT2D eigenvalue weighted by Gasteiger charge is 2.32. The number of carbonyl (C=O) groups excluding carboxylic acids is 1. The zero-order valence-electron chi connectivity index (χ0n) is 18.0. The topological polar surface area (TPSA) is 26.8 Å². The summed E-state index contributed by atoms with van der Waals surface area (Å²) >= 11 is 12.1. The Morgan fingerprint density at radius 3 is 2.33 bits per heavy atom. The van der Waals surface area contributed by atoms with Crippen LogP contribution in [0.15, 0.2) is 36.4 Å². The van der Waals surface area contributed by atoms with Crippen LogP contribution < -0.4 is 9.80 Å². The molecule has 1 unspecified atom stereocenters. The van der Waals surface area contributed by atoms with Gasteiger partial charge in [0.25, 0.3) is 0 Å². The summed E-state index contributed by atoms with van der Waals surface area (Å²) < 4.78 is 40.3. The van der Waals surface area contributed by atoms with E-state index in [-0.39, 0.29) is 11.7 Å². The maximum Gasteiger partial charge on any atom is 0.416 e. The van der Waals surface area contributed by atoms with Gasteiger partial charge in [0.05, 0.1) is 21.4 Å². The Bertz CT molecular complexity index is 1090. The van der Waals surface area contributed by atoms with E-state index in [0.29, 0.717) is 33.6 Å². The van der Waals surface area contributed by atoms with E-state index in [2.05, 4.69) is 9.80 Å². The van der Waals surface area contributed by atoms with Gasteiger partial charge >= 0.3 is 6.18 Å². The van der Waals surface area contributed by atoms with E-state index in [4.69, 9.17) is 23.2 Å². The molecule has 2 fully saturated rings. The van der Waals surface area contributed by atoms with E-state index >= 15 is 0 Å². The average molecular weight is 518 g/mol. The molecule has 0 aromatic heterocycles. The maximum absolute atomic E-state index is 13.4. The van der Waals surface area contributed by atoms with Crippen molar-refractivity contribution in [2.45, 2.75) is 6.18 Å². The molecular weight excluding hydrogens is 494 g/mol. The molecule has 0 saturated carbocycles. The second-order valence-corrected chi connectivity index (χ2v) is 11.0. The Kier molecular flexibility index (Phi) is 7.29. The van der Waals surface area contributed by atoms with Crippen molar-refractivity contribution in [2.24, 2.45) is 0 Å². The molecule has 2 aromatic carbocycles. The van der Waals surface area contributed by atoms with E-state index in [1.165, 1.54) is 6.07 Å². The summed E-state index contributed by atoms with van der Waals surface area (Å²) in [6.07, 6.45) is -4.42. The van der Waals surface area contributed by atoms with E-state index < -0.39 is 22.2 Å². The van der Waals surface area contributed by atoms with Crippen LogP contribution in [0.25, 0.3) is 0 Å². The van der Waals surface area contributed by atoms with Crippen LogP contribution in [0.1, 0.15) is 11.1 Å². The first kappa shape index (κ1) is 24.4. The minimum absolute atomic E-state index is 0.0765. The molecule has 1 amide bonds. The molecule has 2 aliphatic heterocycles. The van der Waals surface area contributed by atoms with Crippen LogP contribution in [-0.2, 0) is 11.0 Å². The van der Waals surface area contributed by atoms with Gasteiger partial charge in [0.2, 0.25) is 5.91 Å². The molecule has 0 radical (unpaired) electrons. The molecule has 33 heavy (non-hydrogen) atoms. The van der Waals surface area contributed by atoms with Gasteiger partial charge in [-0.25, -0.2) is 0 Å². The lowest BCUT2D eigenvalue weighted by molar-refractivity contribution is -0.137. The van der Waals surface area contributed by atoms with Gasteiger partial charge in [0.1, 0.15) is 0 Å². The van der Waals surface area contributed by atoms with Gasteiger partial charge in [0, 0.05) is 55.4 Å². The number of benzene rings is 2. The molecule has 0 aliphatic carbocycles. The molecular formula is C23H24Cl2F3N3OS. The quantitative estimate of drug-likeness (QED) is 0.521. The van der Waals surface area contributed by atoms with Crippen molar-refractivity contribution >= 4 is 56.3 Å². The summed E-state index contributed by atoms with van der Waals surface area (Å²) in [5.41, 5.74) is 1.35. The largest absolute Gasteiger partial charge is 0.416 e. The van der Waals surface area contributed by atoms with Crippen molar-refractivity contribution in [1.82, 2.24) is 4.90 Å². The summed E-state index contributed by atoms with van der Waals surface area (Å²) in [6.45, 7) is 3.67. The van der Waals surface area contributed by atoms with Crippen molar-refractivity contribution in [3.8, 4) is 0 Å². The van der Waals surface area contributed by atoms with Crippen LogP contribution in [0.5, 0.6) is 0 Å². The van der Waals surface area contributed by atoms with Crippen LogP contribution in [0, 0.1) is 0 Å². The van der Waals surface area contributed by atoms with Crippen LogP contribution in [0.4, 0.5) is 24.5 Å². The molecule has 4 rings (SSSR count). The van der Waals surface area contributed by atoms with Crippen molar-refractivity contribution < 1.29 is 18.0 Å². The number of rotatable bonds is 3. The van der Waals surface area contributed by atoms with Crippen LogP contribution in [0.2, 0.25) is 10.0 Å². The smallest absolute Gasteiger partial charge is 0.368 e. The van der Waals surface area contributed by atoms with Gasteiger partial charge in [-0.1, -0.05) is 23.2 Å². The number of anilines is 2. The fourth-order valence-corrected chi connectivity index (χ4v) is 6.08. The Labute approximate surface area is 203 Å². The van der Waals surface area contributed by atoms with Gasteiger partial charge in [-0.2, -0.15) is 23.7 Å². The maximum atomic E-state index is 13.4. The molecule has 178 valence electrons. The molecule has 2 heterocycles. The normalized spacial score (nSPS) is 20.5. The van der Waals surface area contributed by atoms with Crippen molar-refractivity contribution in [2.75, 3.05) is 61.1 Å². The minimum atomic E-state index is -4.42. The Morgan fingerprint density at radius 1 is 0.970 bits per heavy atom. The molecule has 2 saturated heterocycles. The number of piperazine rings is 1. The van der Waals surface area contributed by atoms with Gasteiger partial charge in [-0.15, -0.1) is 0 Å². The number of likely N-dealkylation sites (N-methyl/N-ethyl adjacent to an activating group) is 1. The number of amides is 1. The fourth-order valence-electron chi connectivity index (χ4n) is 4.01. The van der Waals surface area contributed by atoms with Gasteiger partial charge in [-0.3, -0.25) is 4.79 Å². The van der Waals surface area contributed by atoms with Crippen LogP contribution in [0.3, 0.4) is 0 Å². The summed E-state index contributed by atoms with van der Waals surface area (Å²) in [4.78, 5) is 18.9. The standard InChI is InChI=1S/C23H24Cl2F3N3OS/c1-29-6-8-30(9-7-29)21-5-2-17(23(26,27)28)12-16(21)14-33-11-10-31(22(32)15-33)18-3-4-19(24)20(25)13-18/h2-5,12-14H,6-11,15H2,1H3.